The van der Waals surface area contributed by atoms with E-state index in [2.05, 4.69) is 10.5 Å². The average Bonchev–Trinajstić information content (AvgIpc) is 2.60. The number of primary amides is 1. The fourth-order valence-electron chi connectivity index (χ4n) is 1.19. The van der Waals surface area contributed by atoms with Crippen LogP contribution in [0.4, 0.5) is 4.79 Å². The quantitative estimate of drug-likeness (QED) is 0.735. The van der Waals surface area contributed by atoms with Crippen molar-refractivity contribution in [2.45, 2.75) is 38.9 Å². The van der Waals surface area contributed by atoms with E-state index in [1.165, 1.54) is 0 Å². The maximum Gasteiger partial charge on any atom is 0.407 e. The molecule has 0 aliphatic carbocycles. The first-order chi connectivity index (χ1) is 7.78. The second-order valence-corrected chi connectivity index (χ2v) is 4.72. The van der Waals surface area contributed by atoms with Crippen LogP contribution < -0.4 is 11.1 Å². The van der Waals surface area contributed by atoms with Crippen molar-refractivity contribution in [2.75, 3.05) is 6.54 Å². The number of nitrogens with one attached hydrogen (secondary N) is 1. The Hall–Kier alpha value is -1.79. The van der Waals surface area contributed by atoms with Crippen LogP contribution in [0.3, 0.4) is 0 Å². The van der Waals surface area contributed by atoms with Gasteiger partial charge >= 0.3 is 6.09 Å². The van der Waals surface area contributed by atoms with Gasteiger partial charge in [-0.3, -0.25) is 4.79 Å². The molecular weight excluding hydrogens is 226 g/mol. The zero-order chi connectivity index (χ0) is 13.1. The Balaban J connectivity index is 2.26. The second-order valence-electron chi connectivity index (χ2n) is 4.72. The highest BCUT2D eigenvalue weighted by molar-refractivity contribution is 6.38. The minimum atomic E-state index is -0.607. The van der Waals surface area contributed by atoms with Crippen molar-refractivity contribution in [2.24, 2.45) is 10.9 Å². The number of nitrogens with zero attached hydrogens (tertiary/aromatic N) is 1. The smallest absolute Gasteiger partial charge is 0.407 e. The largest absolute Gasteiger partial charge is 0.444 e. The van der Waals surface area contributed by atoms with E-state index in [9.17, 15) is 9.59 Å². The molecule has 0 fully saturated rings. The van der Waals surface area contributed by atoms with Crippen molar-refractivity contribution < 1.29 is 19.2 Å². The van der Waals surface area contributed by atoms with Crippen molar-refractivity contribution in [1.29, 1.82) is 0 Å². The third-order valence-corrected chi connectivity index (χ3v) is 1.89. The Morgan fingerprint density at radius 3 is 2.71 bits per heavy atom. The zero-order valence-corrected chi connectivity index (χ0v) is 10.1. The molecule has 7 nitrogen and oxygen atoms in total. The van der Waals surface area contributed by atoms with Crippen LogP contribution >= 0.6 is 0 Å². The van der Waals surface area contributed by atoms with Gasteiger partial charge in [-0.2, -0.15) is 0 Å². The third kappa shape index (κ3) is 4.71. The van der Waals surface area contributed by atoms with Crippen LogP contribution in [0.2, 0.25) is 0 Å². The molecule has 0 aromatic heterocycles. The molecule has 96 valence electrons. The lowest BCUT2D eigenvalue weighted by molar-refractivity contribution is -0.112. The fraction of sp³-hybridized carbons (Fsp3) is 0.700. The summed E-state index contributed by atoms with van der Waals surface area (Å²) in [6, 6.07) is 0. The molecule has 0 spiro atoms. The van der Waals surface area contributed by atoms with Gasteiger partial charge in [0.15, 0.2) is 6.10 Å². The molecule has 2 amide bonds. The van der Waals surface area contributed by atoms with E-state index >= 15 is 0 Å². The summed E-state index contributed by atoms with van der Waals surface area (Å²) in [7, 11) is 0. The number of ether oxygens (including phenoxy) is 1. The molecule has 17 heavy (non-hydrogen) atoms. The predicted molar refractivity (Wildman–Crippen MR) is 60.4 cm³/mol. The number of rotatable bonds is 3. The summed E-state index contributed by atoms with van der Waals surface area (Å²) in [4.78, 5) is 27.0. The van der Waals surface area contributed by atoms with E-state index < -0.39 is 17.6 Å². The molecule has 3 N–H and O–H groups in total. The van der Waals surface area contributed by atoms with Gasteiger partial charge in [0.05, 0.1) is 6.54 Å². The molecule has 1 aliphatic heterocycles. The molecule has 0 bridgehead atoms. The summed E-state index contributed by atoms with van der Waals surface area (Å²) in [6.45, 7) is 5.53. The Bertz CT molecular complexity index is 346. The van der Waals surface area contributed by atoms with E-state index in [1.807, 2.05) is 0 Å². The Labute approximate surface area is 99.3 Å². The summed E-state index contributed by atoms with van der Waals surface area (Å²) < 4.78 is 5.04. The Kier molecular flexibility index (Phi) is 3.93. The molecule has 1 heterocycles. The van der Waals surface area contributed by atoms with Gasteiger partial charge in [0, 0.05) is 6.42 Å². The molecule has 7 heteroatoms. The number of carbonyl (C=O) groups excluding carboxylic acids is 2. The first kappa shape index (κ1) is 13.3. The van der Waals surface area contributed by atoms with E-state index in [4.69, 9.17) is 15.3 Å². The number of amides is 2. The molecule has 0 aromatic carbocycles. The first-order valence-corrected chi connectivity index (χ1v) is 5.27. The highest BCUT2D eigenvalue weighted by Crippen LogP contribution is 2.10. The minimum absolute atomic E-state index is 0.181. The second kappa shape index (κ2) is 5.03. The lowest BCUT2D eigenvalue weighted by Crippen LogP contribution is -2.37. The number of carbonyl (C=O) groups is 2. The van der Waals surface area contributed by atoms with Crippen molar-refractivity contribution in [1.82, 2.24) is 5.32 Å². The standard InChI is InChI=1S/C10H17N3O4/c1-10(2,3)16-9(15)12-5-6-4-7(8(11)14)13-17-6/h6H,4-5H2,1-3H3,(H2,11,14)(H,12,15)/t6-/m1/s1. The maximum atomic E-state index is 11.3. The topological polar surface area (TPSA) is 103 Å². The molecule has 0 unspecified atom stereocenters. The van der Waals surface area contributed by atoms with Crippen LogP contribution in [-0.2, 0) is 14.4 Å². The van der Waals surface area contributed by atoms with Crippen molar-refractivity contribution in [3.63, 3.8) is 0 Å². The average molecular weight is 243 g/mol. The fourth-order valence-corrected chi connectivity index (χ4v) is 1.19. The van der Waals surface area contributed by atoms with Gasteiger partial charge in [-0.25, -0.2) is 4.79 Å². The first-order valence-electron chi connectivity index (χ1n) is 5.27. The minimum Gasteiger partial charge on any atom is -0.444 e. The van der Waals surface area contributed by atoms with Gasteiger partial charge in [-0.05, 0) is 20.8 Å². The molecule has 0 radical (unpaired) electrons. The summed E-state index contributed by atoms with van der Waals surface area (Å²) in [5, 5.41) is 6.05. The summed E-state index contributed by atoms with van der Waals surface area (Å²) in [5.74, 6) is -0.607. The molecule has 0 saturated carbocycles. The third-order valence-electron chi connectivity index (χ3n) is 1.89. The SMILES string of the molecule is CC(C)(C)OC(=O)NC[C@H]1CC(C(N)=O)=NO1. The Morgan fingerprint density at radius 1 is 1.59 bits per heavy atom. The van der Waals surface area contributed by atoms with E-state index in [-0.39, 0.29) is 18.4 Å². The van der Waals surface area contributed by atoms with Gasteiger partial charge < -0.3 is 20.6 Å². The van der Waals surface area contributed by atoms with Gasteiger partial charge in [-0.15, -0.1) is 0 Å². The highest BCUT2D eigenvalue weighted by Gasteiger charge is 2.25. The highest BCUT2D eigenvalue weighted by atomic mass is 16.6. The number of oxime groups is 1. The van der Waals surface area contributed by atoms with E-state index in [0.29, 0.717) is 6.42 Å². The molecule has 1 atom stereocenters. The lowest BCUT2D eigenvalue weighted by atomic mass is 10.2. The number of alkyl carbamates (subject to hydrolysis) is 1. The summed E-state index contributed by atoms with van der Waals surface area (Å²) in [5.41, 5.74) is 4.67. The monoisotopic (exact) mass is 243 g/mol. The van der Waals surface area contributed by atoms with Crippen LogP contribution in [0, 0.1) is 0 Å². The normalized spacial score (nSPS) is 19.2. The van der Waals surface area contributed by atoms with Crippen LogP contribution in [-0.4, -0.2) is 36.0 Å². The van der Waals surface area contributed by atoms with Crippen LogP contribution in [0.15, 0.2) is 5.16 Å². The van der Waals surface area contributed by atoms with E-state index in [0.717, 1.165) is 0 Å². The number of nitrogens with two attached hydrogens (primary N) is 1. The summed E-state index contributed by atoms with van der Waals surface area (Å²) >= 11 is 0. The van der Waals surface area contributed by atoms with E-state index in [1.54, 1.807) is 20.8 Å². The van der Waals surface area contributed by atoms with Gasteiger partial charge in [0.25, 0.3) is 5.91 Å². The lowest BCUT2D eigenvalue weighted by Gasteiger charge is -2.20. The molecule has 0 saturated heterocycles. The Morgan fingerprint density at radius 2 is 2.24 bits per heavy atom. The van der Waals surface area contributed by atoms with Crippen molar-refractivity contribution in [3.05, 3.63) is 0 Å². The number of hydrogen-bond donors (Lipinski definition) is 2. The summed E-state index contributed by atoms with van der Waals surface area (Å²) in [6.07, 6.45) is -0.607. The van der Waals surface area contributed by atoms with Crippen molar-refractivity contribution >= 4 is 17.7 Å². The zero-order valence-electron chi connectivity index (χ0n) is 10.1. The van der Waals surface area contributed by atoms with Crippen molar-refractivity contribution in [3.8, 4) is 0 Å². The van der Waals surface area contributed by atoms with Gasteiger partial charge in [0.2, 0.25) is 0 Å². The maximum absolute atomic E-state index is 11.3. The molecule has 1 rings (SSSR count). The van der Waals surface area contributed by atoms with Gasteiger partial charge in [-0.1, -0.05) is 5.16 Å². The molecular formula is C10H17N3O4. The molecule has 0 aromatic rings. The molecule has 1 aliphatic rings. The van der Waals surface area contributed by atoms with Crippen LogP contribution in [0.25, 0.3) is 0 Å². The van der Waals surface area contributed by atoms with Crippen LogP contribution in [0.5, 0.6) is 0 Å². The predicted octanol–water partition coefficient (Wildman–Crippen LogP) is 0.141. The van der Waals surface area contributed by atoms with Gasteiger partial charge in [0.1, 0.15) is 11.3 Å². The number of hydrogen-bond acceptors (Lipinski definition) is 5. The van der Waals surface area contributed by atoms with Crippen LogP contribution in [0.1, 0.15) is 27.2 Å².